The number of pyridine rings is 1. The predicted molar refractivity (Wildman–Crippen MR) is 72.6 cm³/mol. The van der Waals surface area contributed by atoms with Gasteiger partial charge in [0.05, 0.1) is 5.02 Å². The monoisotopic (exact) mass is 253 g/mol. The lowest BCUT2D eigenvalue weighted by Crippen LogP contribution is -2.35. The smallest absolute Gasteiger partial charge is 0.147 e. The van der Waals surface area contributed by atoms with E-state index < -0.39 is 0 Å². The predicted octanol–water partition coefficient (Wildman–Crippen LogP) is 2.69. The Morgan fingerprint density at radius 3 is 3.06 bits per heavy atom. The van der Waals surface area contributed by atoms with Crippen LogP contribution in [-0.2, 0) is 6.54 Å². The Morgan fingerprint density at radius 2 is 2.41 bits per heavy atom. The fourth-order valence-electron chi connectivity index (χ4n) is 2.39. The summed E-state index contributed by atoms with van der Waals surface area (Å²) in [4.78, 5) is 6.81. The minimum atomic E-state index is 0.735. The van der Waals surface area contributed by atoms with Gasteiger partial charge in [-0.05, 0) is 37.4 Å². The summed E-state index contributed by atoms with van der Waals surface area (Å²) >= 11 is 6.31. The Kier molecular flexibility index (Phi) is 4.24. The van der Waals surface area contributed by atoms with Gasteiger partial charge >= 0.3 is 0 Å². The average molecular weight is 254 g/mol. The van der Waals surface area contributed by atoms with Crippen molar-refractivity contribution >= 4 is 17.4 Å². The molecule has 1 saturated heterocycles. The van der Waals surface area contributed by atoms with Gasteiger partial charge in [0.1, 0.15) is 5.82 Å². The summed E-state index contributed by atoms with van der Waals surface area (Å²) in [5, 5.41) is 3.88. The number of nitrogens with one attached hydrogen (secondary N) is 1. The van der Waals surface area contributed by atoms with Crippen molar-refractivity contribution in [2.75, 3.05) is 25.0 Å². The molecule has 0 bridgehead atoms. The van der Waals surface area contributed by atoms with Gasteiger partial charge in [-0.25, -0.2) is 4.98 Å². The number of hydrogen-bond acceptors (Lipinski definition) is 3. The lowest BCUT2D eigenvalue weighted by atomic mass is 10.0. The molecule has 1 aliphatic heterocycles. The molecule has 1 aromatic rings. The van der Waals surface area contributed by atoms with Gasteiger partial charge in [0.2, 0.25) is 0 Å². The minimum absolute atomic E-state index is 0.735. The quantitative estimate of drug-likeness (QED) is 0.898. The lowest BCUT2D eigenvalue weighted by Gasteiger charge is -2.32. The highest BCUT2D eigenvalue weighted by atomic mass is 35.5. The number of anilines is 1. The van der Waals surface area contributed by atoms with Crippen LogP contribution in [0.1, 0.15) is 25.3 Å². The Bertz CT molecular complexity index is 381. The maximum Gasteiger partial charge on any atom is 0.147 e. The zero-order chi connectivity index (χ0) is 12.3. The first-order chi connectivity index (χ1) is 8.20. The van der Waals surface area contributed by atoms with E-state index in [0.29, 0.717) is 0 Å². The number of aromatic nitrogens is 1. The Hall–Kier alpha value is -0.800. The summed E-state index contributed by atoms with van der Waals surface area (Å²) < 4.78 is 0. The second-order valence-corrected chi connectivity index (χ2v) is 5.28. The minimum Gasteiger partial charge on any atom is -0.355 e. The van der Waals surface area contributed by atoms with E-state index in [0.717, 1.165) is 42.0 Å². The van der Waals surface area contributed by atoms with Crippen LogP contribution >= 0.6 is 11.6 Å². The van der Waals surface area contributed by atoms with E-state index in [1.54, 1.807) is 0 Å². The first-order valence-corrected chi connectivity index (χ1v) is 6.62. The molecule has 3 nitrogen and oxygen atoms in total. The van der Waals surface area contributed by atoms with E-state index in [9.17, 15) is 0 Å². The van der Waals surface area contributed by atoms with Crippen molar-refractivity contribution in [2.24, 2.45) is 5.92 Å². The molecule has 0 amide bonds. The van der Waals surface area contributed by atoms with Crippen LogP contribution in [-0.4, -0.2) is 25.1 Å². The summed E-state index contributed by atoms with van der Waals surface area (Å²) in [5.74, 6) is 1.68. The summed E-state index contributed by atoms with van der Waals surface area (Å²) in [6, 6.07) is 2.01. The molecule has 1 N–H and O–H groups in total. The van der Waals surface area contributed by atoms with E-state index >= 15 is 0 Å². The summed E-state index contributed by atoms with van der Waals surface area (Å²) in [5.41, 5.74) is 1.13. The third-order valence-corrected chi connectivity index (χ3v) is 3.49. The van der Waals surface area contributed by atoms with Crippen LogP contribution < -0.4 is 10.2 Å². The first-order valence-electron chi connectivity index (χ1n) is 6.24. The molecule has 1 aromatic heterocycles. The molecule has 4 heteroatoms. The molecular formula is C13H20ClN3. The molecule has 17 heavy (non-hydrogen) atoms. The summed E-state index contributed by atoms with van der Waals surface area (Å²) in [6.45, 7) is 5.24. The Morgan fingerprint density at radius 1 is 1.59 bits per heavy atom. The molecule has 1 atom stereocenters. The van der Waals surface area contributed by atoms with Gasteiger partial charge in [-0.1, -0.05) is 18.5 Å². The number of hydrogen-bond donors (Lipinski definition) is 1. The molecule has 1 aliphatic rings. The molecule has 94 valence electrons. The van der Waals surface area contributed by atoms with E-state index in [2.05, 4.69) is 22.1 Å². The number of nitrogens with zero attached hydrogens (tertiary/aromatic N) is 2. The van der Waals surface area contributed by atoms with Crippen LogP contribution in [0, 0.1) is 5.92 Å². The molecule has 0 saturated carbocycles. The van der Waals surface area contributed by atoms with E-state index in [-0.39, 0.29) is 0 Å². The summed E-state index contributed by atoms with van der Waals surface area (Å²) in [6.07, 6.45) is 4.46. The van der Waals surface area contributed by atoms with Crippen LogP contribution in [0.4, 0.5) is 5.82 Å². The van der Waals surface area contributed by atoms with Gasteiger partial charge in [-0.3, -0.25) is 0 Å². The highest BCUT2D eigenvalue weighted by Crippen LogP contribution is 2.28. The zero-order valence-corrected chi connectivity index (χ0v) is 11.3. The van der Waals surface area contributed by atoms with Gasteiger partial charge in [0, 0.05) is 25.8 Å². The van der Waals surface area contributed by atoms with Crippen LogP contribution in [0.5, 0.6) is 0 Å². The van der Waals surface area contributed by atoms with Crippen molar-refractivity contribution in [2.45, 2.75) is 26.3 Å². The molecule has 0 radical (unpaired) electrons. The van der Waals surface area contributed by atoms with E-state index in [1.165, 1.54) is 12.8 Å². The van der Waals surface area contributed by atoms with Crippen molar-refractivity contribution in [3.05, 3.63) is 22.8 Å². The largest absolute Gasteiger partial charge is 0.355 e. The highest BCUT2D eigenvalue weighted by Gasteiger charge is 2.19. The normalized spacial score (nSPS) is 20.6. The Labute approximate surface area is 108 Å². The molecule has 0 aliphatic carbocycles. The second-order valence-electron chi connectivity index (χ2n) is 4.87. The van der Waals surface area contributed by atoms with Crippen LogP contribution in [0.25, 0.3) is 0 Å². The zero-order valence-electron chi connectivity index (χ0n) is 10.5. The van der Waals surface area contributed by atoms with Crippen molar-refractivity contribution in [1.82, 2.24) is 10.3 Å². The molecular weight excluding hydrogens is 234 g/mol. The van der Waals surface area contributed by atoms with Crippen LogP contribution in [0.3, 0.4) is 0 Å². The topological polar surface area (TPSA) is 28.2 Å². The van der Waals surface area contributed by atoms with E-state index in [1.807, 2.05) is 19.3 Å². The SMILES string of the molecule is CNCc1cnc(N2CCCC(C)C2)c(Cl)c1. The molecule has 1 unspecified atom stereocenters. The average Bonchev–Trinajstić information content (AvgIpc) is 2.29. The molecule has 0 aromatic carbocycles. The number of piperidine rings is 1. The van der Waals surface area contributed by atoms with Gasteiger partial charge < -0.3 is 10.2 Å². The van der Waals surface area contributed by atoms with Crippen LogP contribution in [0.15, 0.2) is 12.3 Å². The van der Waals surface area contributed by atoms with Gasteiger partial charge in [0.25, 0.3) is 0 Å². The molecule has 0 spiro atoms. The molecule has 1 fully saturated rings. The maximum atomic E-state index is 6.31. The maximum absolute atomic E-state index is 6.31. The number of halogens is 1. The molecule has 2 rings (SSSR count). The highest BCUT2D eigenvalue weighted by molar-refractivity contribution is 6.33. The Balaban J connectivity index is 2.15. The van der Waals surface area contributed by atoms with Crippen molar-refractivity contribution in [3.8, 4) is 0 Å². The van der Waals surface area contributed by atoms with Crippen LogP contribution in [0.2, 0.25) is 5.02 Å². The van der Waals surface area contributed by atoms with Gasteiger partial charge in [-0.15, -0.1) is 0 Å². The van der Waals surface area contributed by atoms with Crippen molar-refractivity contribution < 1.29 is 0 Å². The summed E-state index contributed by atoms with van der Waals surface area (Å²) in [7, 11) is 1.92. The number of rotatable bonds is 3. The second kappa shape index (κ2) is 5.69. The van der Waals surface area contributed by atoms with E-state index in [4.69, 9.17) is 11.6 Å². The first kappa shape index (κ1) is 12.7. The third-order valence-electron chi connectivity index (χ3n) is 3.22. The van der Waals surface area contributed by atoms with Crippen molar-refractivity contribution in [3.63, 3.8) is 0 Å². The third kappa shape index (κ3) is 3.11. The molecule has 2 heterocycles. The van der Waals surface area contributed by atoms with Gasteiger partial charge in [0.15, 0.2) is 0 Å². The standard InChI is InChI=1S/C13H20ClN3/c1-10-4-3-5-17(9-10)13-12(14)6-11(7-15-2)8-16-13/h6,8,10,15H,3-5,7,9H2,1-2H3. The fourth-order valence-corrected chi connectivity index (χ4v) is 2.69. The van der Waals surface area contributed by atoms with Crippen molar-refractivity contribution in [1.29, 1.82) is 0 Å². The lowest BCUT2D eigenvalue weighted by molar-refractivity contribution is 0.444. The van der Waals surface area contributed by atoms with Gasteiger partial charge in [-0.2, -0.15) is 0 Å². The fraction of sp³-hybridized carbons (Fsp3) is 0.615.